The van der Waals surface area contributed by atoms with Crippen molar-refractivity contribution in [2.75, 3.05) is 6.61 Å². The van der Waals surface area contributed by atoms with Crippen molar-refractivity contribution in [2.45, 2.75) is 46.7 Å². The van der Waals surface area contributed by atoms with Crippen LogP contribution < -0.4 is 0 Å². The van der Waals surface area contributed by atoms with E-state index >= 15 is 0 Å². The van der Waals surface area contributed by atoms with Gasteiger partial charge < -0.3 is 0 Å². The van der Waals surface area contributed by atoms with Gasteiger partial charge >= 0.3 is 89.0 Å². The Morgan fingerprint density at radius 1 is 1.38 bits per heavy atom. The van der Waals surface area contributed by atoms with E-state index in [1.165, 1.54) is 0 Å². The Morgan fingerprint density at radius 3 is 2.31 bits per heavy atom. The zero-order chi connectivity index (χ0) is 10.5. The molecule has 0 spiro atoms. The van der Waals surface area contributed by atoms with Gasteiger partial charge in [-0.2, -0.15) is 0 Å². The van der Waals surface area contributed by atoms with Crippen LogP contribution in [0.4, 0.5) is 0 Å². The molecule has 0 saturated carbocycles. The van der Waals surface area contributed by atoms with Crippen LogP contribution in [-0.2, 0) is 9.53 Å². The van der Waals surface area contributed by atoms with Gasteiger partial charge in [0.1, 0.15) is 0 Å². The zero-order valence-electron chi connectivity index (χ0n) is 9.39. The van der Waals surface area contributed by atoms with E-state index in [1.54, 1.807) is 0 Å². The number of esters is 1. The summed E-state index contributed by atoms with van der Waals surface area (Å²) < 4.78 is 5.05. The molecule has 0 radical (unpaired) electrons. The molecule has 0 amide bonds. The van der Waals surface area contributed by atoms with Crippen LogP contribution in [0.2, 0.25) is 13.1 Å². The van der Waals surface area contributed by atoms with Crippen LogP contribution in [-0.4, -0.2) is 32.8 Å². The normalized spacial score (nSPS) is 11.8. The number of hydrogen-bond donors (Lipinski definition) is 0. The third-order valence-electron chi connectivity index (χ3n) is 2.35. The Kier molecular flexibility index (Phi) is 6.03. The molecule has 0 aliphatic heterocycles. The van der Waals surface area contributed by atoms with Crippen LogP contribution in [0, 0.1) is 0 Å². The molecule has 78 valence electrons. The summed E-state index contributed by atoms with van der Waals surface area (Å²) >= 11 is -1.37. The third-order valence-corrected chi connectivity index (χ3v) is 9.25. The molecule has 0 aliphatic rings. The molecule has 0 bridgehead atoms. The first-order valence-electron chi connectivity index (χ1n) is 4.77. The van der Waals surface area contributed by atoms with Crippen LogP contribution in [0.25, 0.3) is 0 Å². The number of rotatable bonds is 5. The average molecular weight is 295 g/mol. The molecule has 0 aromatic carbocycles. The van der Waals surface area contributed by atoms with Crippen molar-refractivity contribution in [3.8, 4) is 0 Å². The first-order valence-corrected chi connectivity index (χ1v) is 11.2. The van der Waals surface area contributed by atoms with Crippen molar-refractivity contribution in [1.82, 2.24) is 0 Å². The Hall–Kier alpha value is 0.288. The fourth-order valence-corrected chi connectivity index (χ4v) is 1.89. The quantitative estimate of drug-likeness (QED) is 0.443. The van der Waals surface area contributed by atoms with E-state index in [2.05, 4.69) is 16.7 Å². The zero-order valence-corrected chi connectivity index (χ0v) is 11.9. The second kappa shape index (κ2) is 5.90. The fraction of sp³-hybridized carbons (Fsp3) is 0.900. The Bertz CT molecular complexity index is 164. The van der Waals surface area contributed by atoms with Gasteiger partial charge in [-0.25, -0.2) is 0 Å². The van der Waals surface area contributed by atoms with Gasteiger partial charge in [-0.05, 0) is 0 Å². The monoisotopic (exact) mass is 294 g/mol. The molecule has 0 atom stereocenters. The van der Waals surface area contributed by atoms with Gasteiger partial charge in [-0.15, -0.1) is 0 Å². The topological polar surface area (TPSA) is 26.3 Å². The molecule has 0 aromatic rings. The Morgan fingerprint density at radius 2 is 1.92 bits per heavy atom. The Labute approximate surface area is 89.0 Å². The molecule has 13 heavy (non-hydrogen) atoms. The first-order chi connectivity index (χ1) is 5.92. The van der Waals surface area contributed by atoms with Gasteiger partial charge in [0, 0.05) is 0 Å². The summed E-state index contributed by atoms with van der Waals surface area (Å²) in [6, 6.07) is 0. The fourth-order valence-electron chi connectivity index (χ4n) is 0.668. The van der Waals surface area contributed by atoms with Crippen molar-refractivity contribution in [3.63, 3.8) is 0 Å². The molecule has 0 aliphatic carbocycles. The molecule has 0 saturated heterocycles. The first kappa shape index (κ1) is 13.3. The predicted octanol–water partition coefficient (Wildman–Crippen LogP) is 2.86. The van der Waals surface area contributed by atoms with E-state index in [9.17, 15) is 4.79 Å². The van der Waals surface area contributed by atoms with E-state index in [-0.39, 0.29) is 9.33 Å². The number of carbonyl (C=O) groups excluding carboxylic acids is 1. The van der Waals surface area contributed by atoms with Crippen molar-refractivity contribution in [2.24, 2.45) is 0 Å². The molecule has 0 heterocycles. The van der Waals surface area contributed by atoms with E-state index < -0.39 is 20.2 Å². The summed E-state index contributed by atoms with van der Waals surface area (Å²) in [7, 11) is 0. The van der Waals surface area contributed by atoms with Crippen molar-refractivity contribution in [1.29, 1.82) is 0 Å². The van der Waals surface area contributed by atoms with E-state index in [4.69, 9.17) is 4.74 Å². The van der Waals surface area contributed by atoms with Crippen LogP contribution in [0.15, 0.2) is 0 Å². The molecule has 2 nitrogen and oxygen atoms in total. The van der Waals surface area contributed by atoms with Crippen LogP contribution in [0.5, 0.6) is 0 Å². The van der Waals surface area contributed by atoms with E-state index in [0.29, 0.717) is 6.61 Å². The second-order valence-corrected chi connectivity index (χ2v) is 12.2. The summed E-state index contributed by atoms with van der Waals surface area (Å²) in [5.41, 5.74) is 0. The van der Waals surface area contributed by atoms with Gasteiger partial charge in [0.25, 0.3) is 0 Å². The average Bonchev–Trinajstić information content (AvgIpc) is 2.04. The third kappa shape index (κ3) is 4.35. The number of ether oxygens (including phenoxy) is 1. The van der Waals surface area contributed by atoms with Gasteiger partial charge in [0.15, 0.2) is 0 Å². The number of carbonyl (C=O) groups is 1. The molecule has 0 rings (SSSR count). The van der Waals surface area contributed by atoms with Gasteiger partial charge in [-0.3, -0.25) is 0 Å². The maximum atomic E-state index is 11.6. The summed E-state index contributed by atoms with van der Waals surface area (Å²) in [5, 5.41) is 0. The van der Waals surface area contributed by atoms with Crippen LogP contribution >= 0.6 is 0 Å². The van der Waals surface area contributed by atoms with E-state index in [1.807, 2.05) is 13.8 Å². The minimum atomic E-state index is -1.37. The van der Waals surface area contributed by atoms with Crippen LogP contribution in [0.3, 0.4) is 0 Å². The second-order valence-electron chi connectivity index (χ2n) is 3.94. The summed E-state index contributed by atoms with van der Waals surface area (Å²) in [6.45, 7) is 6.72. The molecule has 0 aromatic heterocycles. The molecule has 0 fully saturated rings. The minimum absolute atomic E-state index is 0.00829. The SMILES string of the molecule is CCCCOC(=O)[C](C)(C)[Sb]([CH3])[CH3]. The van der Waals surface area contributed by atoms with Crippen molar-refractivity contribution >= 4 is 26.2 Å². The molecule has 0 N–H and O–H groups in total. The molecular formula is C10H21O2Sb. The van der Waals surface area contributed by atoms with E-state index in [0.717, 1.165) is 12.8 Å². The summed E-state index contributed by atoms with van der Waals surface area (Å²) in [4.78, 5) is 16.1. The Balaban J connectivity index is 3.95. The number of hydrogen-bond acceptors (Lipinski definition) is 2. The molecule has 0 unspecified atom stereocenters. The summed E-state index contributed by atoms with van der Waals surface area (Å²) in [5.74, 6) is 0.00829. The number of unbranched alkanes of at least 4 members (excludes halogenated alkanes) is 1. The van der Waals surface area contributed by atoms with Crippen molar-refractivity contribution in [3.05, 3.63) is 0 Å². The maximum absolute atomic E-state index is 11.6. The molecule has 3 heteroatoms. The molecular weight excluding hydrogens is 274 g/mol. The standard InChI is InChI=1S/C8H15O2.2CH3.Sb/c1-4-5-6-10-8(9)7(2)3;;;/h4-6H2,1-3H3;2*1H3;. The van der Waals surface area contributed by atoms with Gasteiger partial charge in [0.05, 0.1) is 0 Å². The summed E-state index contributed by atoms with van der Waals surface area (Å²) in [6.07, 6.45) is 2.06. The van der Waals surface area contributed by atoms with Crippen molar-refractivity contribution < 1.29 is 9.53 Å². The van der Waals surface area contributed by atoms with Gasteiger partial charge in [0.2, 0.25) is 0 Å². The van der Waals surface area contributed by atoms with Gasteiger partial charge in [-0.1, -0.05) is 0 Å². The van der Waals surface area contributed by atoms with Crippen LogP contribution in [0.1, 0.15) is 33.6 Å². The predicted molar refractivity (Wildman–Crippen MR) is 57.4 cm³/mol.